The van der Waals surface area contributed by atoms with E-state index in [0.29, 0.717) is 6.42 Å². The summed E-state index contributed by atoms with van der Waals surface area (Å²) in [7, 11) is 0. The standard InChI is InChI=1S/C16H22O4.Na/c1-2-3-4-5-6-7-12-15(17)20-14-11-9-8-10-13(14)16(18)19;/h8-11H,2-7,12H2,1H3,(H,18,19);/q;+1/p-1. The zero-order valence-electron chi connectivity index (χ0n) is 12.9. The van der Waals surface area contributed by atoms with Gasteiger partial charge in [-0.3, -0.25) is 4.79 Å². The summed E-state index contributed by atoms with van der Waals surface area (Å²) in [5.74, 6) is -1.68. The van der Waals surface area contributed by atoms with E-state index >= 15 is 0 Å². The fourth-order valence-corrected chi connectivity index (χ4v) is 1.95. The van der Waals surface area contributed by atoms with Gasteiger partial charge in [0.25, 0.3) is 0 Å². The van der Waals surface area contributed by atoms with Gasteiger partial charge in [-0.25, -0.2) is 0 Å². The molecule has 1 aromatic rings. The molecule has 21 heavy (non-hydrogen) atoms. The summed E-state index contributed by atoms with van der Waals surface area (Å²) in [5.41, 5.74) is -0.0937. The average Bonchev–Trinajstić information content (AvgIpc) is 2.43. The van der Waals surface area contributed by atoms with Crippen LogP contribution in [0.4, 0.5) is 0 Å². The van der Waals surface area contributed by atoms with Crippen molar-refractivity contribution in [2.45, 2.75) is 51.9 Å². The maximum Gasteiger partial charge on any atom is 1.00 e. The van der Waals surface area contributed by atoms with Gasteiger partial charge >= 0.3 is 35.5 Å². The molecule has 5 heteroatoms. The largest absolute Gasteiger partial charge is 1.00 e. The summed E-state index contributed by atoms with van der Waals surface area (Å²) in [6.07, 6.45) is 6.82. The van der Waals surface area contributed by atoms with E-state index in [4.69, 9.17) is 4.74 Å². The number of ether oxygens (including phenoxy) is 1. The van der Waals surface area contributed by atoms with Gasteiger partial charge in [-0.1, -0.05) is 51.2 Å². The molecule has 0 N–H and O–H groups in total. The number of hydrogen-bond acceptors (Lipinski definition) is 4. The van der Waals surface area contributed by atoms with Gasteiger partial charge in [0, 0.05) is 12.0 Å². The first-order valence-corrected chi connectivity index (χ1v) is 7.16. The minimum atomic E-state index is -1.34. The van der Waals surface area contributed by atoms with Crippen molar-refractivity contribution in [2.24, 2.45) is 0 Å². The van der Waals surface area contributed by atoms with Crippen LogP contribution in [0, 0.1) is 0 Å². The van der Waals surface area contributed by atoms with Crippen LogP contribution < -0.4 is 39.4 Å². The third-order valence-electron chi connectivity index (χ3n) is 3.07. The van der Waals surface area contributed by atoms with Crippen molar-refractivity contribution in [1.82, 2.24) is 0 Å². The number of carboxylic acids is 1. The van der Waals surface area contributed by atoms with Gasteiger partial charge in [-0.05, 0) is 18.6 Å². The zero-order chi connectivity index (χ0) is 14.8. The first-order chi connectivity index (χ1) is 9.65. The van der Waals surface area contributed by atoms with E-state index in [9.17, 15) is 14.7 Å². The van der Waals surface area contributed by atoms with Gasteiger partial charge in [0.1, 0.15) is 5.75 Å². The number of carboxylic acid groups (broad SMARTS) is 1. The van der Waals surface area contributed by atoms with Crippen molar-refractivity contribution in [2.75, 3.05) is 0 Å². The first kappa shape index (κ1) is 20.2. The Labute approximate surface area is 148 Å². The first-order valence-electron chi connectivity index (χ1n) is 7.16. The van der Waals surface area contributed by atoms with Crippen LogP contribution in [0.25, 0.3) is 0 Å². The van der Waals surface area contributed by atoms with Crippen molar-refractivity contribution >= 4 is 11.9 Å². The second kappa shape index (κ2) is 11.8. The number of aromatic carboxylic acids is 1. The van der Waals surface area contributed by atoms with Gasteiger partial charge < -0.3 is 14.6 Å². The molecule has 0 bridgehead atoms. The Hall–Kier alpha value is -0.840. The molecule has 0 aliphatic rings. The van der Waals surface area contributed by atoms with E-state index in [1.54, 1.807) is 12.1 Å². The van der Waals surface area contributed by atoms with E-state index < -0.39 is 11.9 Å². The van der Waals surface area contributed by atoms with Gasteiger partial charge in [-0.15, -0.1) is 0 Å². The predicted octanol–water partition coefficient (Wildman–Crippen LogP) is -0.290. The fraction of sp³-hybridized carbons (Fsp3) is 0.500. The Kier molecular flexibility index (Phi) is 11.3. The summed E-state index contributed by atoms with van der Waals surface area (Å²) in [5, 5.41) is 10.9. The Morgan fingerprint density at radius 2 is 1.67 bits per heavy atom. The molecule has 0 saturated heterocycles. The summed E-state index contributed by atoms with van der Waals surface area (Å²) < 4.78 is 5.07. The van der Waals surface area contributed by atoms with Crippen molar-refractivity contribution < 1.29 is 49.0 Å². The van der Waals surface area contributed by atoms with Gasteiger partial charge in [0.15, 0.2) is 0 Å². The smallest absolute Gasteiger partial charge is 0.545 e. The Morgan fingerprint density at radius 3 is 2.33 bits per heavy atom. The molecule has 110 valence electrons. The maximum absolute atomic E-state index is 11.6. The molecule has 0 aliphatic carbocycles. The number of carbonyl (C=O) groups excluding carboxylic acids is 2. The van der Waals surface area contributed by atoms with E-state index in [1.807, 2.05) is 0 Å². The maximum atomic E-state index is 11.6. The third-order valence-corrected chi connectivity index (χ3v) is 3.07. The summed E-state index contributed by atoms with van der Waals surface area (Å²) in [4.78, 5) is 22.5. The van der Waals surface area contributed by atoms with Crippen LogP contribution in [0.5, 0.6) is 5.75 Å². The number of rotatable bonds is 9. The van der Waals surface area contributed by atoms with Crippen LogP contribution in [0.1, 0.15) is 62.2 Å². The fourth-order valence-electron chi connectivity index (χ4n) is 1.95. The van der Waals surface area contributed by atoms with Crippen molar-refractivity contribution in [3.63, 3.8) is 0 Å². The Balaban J connectivity index is 0.00000400. The number of esters is 1. The molecule has 1 aromatic carbocycles. The summed E-state index contributed by atoms with van der Waals surface area (Å²) in [6.45, 7) is 2.16. The third kappa shape index (κ3) is 8.24. The molecule has 1 rings (SSSR count). The van der Waals surface area contributed by atoms with E-state index in [-0.39, 0.29) is 40.9 Å². The SMILES string of the molecule is CCCCCCCCC(=O)Oc1ccccc1C(=O)[O-].[Na+]. The van der Waals surface area contributed by atoms with Crippen LogP contribution in [0.15, 0.2) is 24.3 Å². The number of benzene rings is 1. The van der Waals surface area contributed by atoms with Crippen LogP contribution in [0.2, 0.25) is 0 Å². The molecule has 0 aliphatic heterocycles. The van der Waals surface area contributed by atoms with Crippen LogP contribution >= 0.6 is 0 Å². The predicted molar refractivity (Wildman–Crippen MR) is 74.4 cm³/mol. The van der Waals surface area contributed by atoms with Crippen molar-refractivity contribution in [3.8, 4) is 5.75 Å². The summed E-state index contributed by atoms with van der Waals surface area (Å²) in [6, 6.07) is 6.02. The second-order valence-electron chi connectivity index (χ2n) is 4.78. The molecule has 0 fully saturated rings. The van der Waals surface area contributed by atoms with Crippen LogP contribution in [-0.4, -0.2) is 11.9 Å². The number of unbranched alkanes of at least 4 members (excludes halogenated alkanes) is 5. The van der Waals surface area contributed by atoms with Crippen molar-refractivity contribution in [1.29, 1.82) is 0 Å². The zero-order valence-corrected chi connectivity index (χ0v) is 14.9. The summed E-state index contributed by atoms with van der Waals surface area (Å²) >= 11 is 0. The van der Waals surface area contributed by atoms with Gasteiger partial charge in [0.05, 0.1) is 5.97 Å². The van der Waals surface area contributed by atoms with Gasteiger partial charge in [-0.2, -0.15) is 0 Å². The number of hydrogen-bond donors (Lipinski definition) is 0. The van der Waals surface area contributed by atoms with Crippen LogP contribution in [-0.2, 0) is 4.79 Å². The minimum absolute atomic E-state index is 0. The second-order valence-corrected chi connectivity index (χ2v) is 4.78. The normalized spacial score (nSPS) is 9.76. The van der Waals surface area contributed by atoms with Crippen molar-refractivity contribution in [3.05, 3.63) is 29.8 Å². The molecule has 4 nitrogen and oxygen atoms in total. The Bertz CT molecular complexity index is 446. The molecule has 0 atom stereocenters. The molecular formula is C16H21NaO4. The topological polar surface area (TPSA) is 66.4 Å². The van der Waals surface area contributed by atoms with E-state index in [1.165, 1.54) is 31.4 Å². The molecule has 0 saturated carbocycles. The molecular weight excluding hydrogens is 279 g/mol. The van der Waals surface area contributed by atoms with E-state index in [2.05, 4.69) is 6.92 Å². The van der Waals surface area contributed by atoms with E-state index in [0.717, 1.165) is 19.3 Å². The average molecular weight is 300 g/mol. The monoisotopic (exact) mass is 300 g/mol. The quantitative estimate of drug-likeness (QED) is 0.272. The van der Waals surface area contributed by atoms with Crippen LogP contribution in [0.3, 0.4) is 0 Å². The molecule has 0 spiro atoms. The molecule has 0 aromatic heterocycles. The van der Waals surface area contributed by atoms with Gasteiger partial charge in [0.2, 0.25) is 0 Å². The molecule has 0 amide bonds. The number of para-hydroxylation sites is 1. The molecule has 0 unspecified atom stereocenters. The number of carbonyl (C=O) groups is 2. The molecule has 0 heterocycles. The Morgan fingerprint density at radius 1 is 1.05 bits per heavy atom. The molecule has 0 radical (unpaired) electrons. The minimum Gasteiger partial charge on any atom is -0.545 e.